The molecule has 0 aliphatic heterocycles. The van der Waals surface area contributed by atoms with Gasteiger partial charge < -0.3 is 4.55 Å². The molecule has 0 aromatic heterocycles. The van der Waals surface area contributed by atoms with E-state index in [-0.39, 0.29) is 0 Å². The predicted molar refractivity (Wildman–Crippen MR) is 97.2 cm³/mol. The number of halogens is 3. The summed E-state index contributed by atoms with van der Waals surface area (Å²) in [6.07, 6.45) is 16.1. The molecule has 0 bridgehead atoms. The second-order valence-corrected chi connectivity index (χ2v) is 13.5. The minimum atomic E-state index is -6.09. The van der Waals surface area contributed by atoms with Crippen LogP contribution in [0.4, 0.5) is 13.2 Å². The molecule has 0 rings (SSSR count). The zero-order chi connectivity index (χ0) is 19.3. The normalized spacial score (nSPS) is 12.7. The van der Waals surface area contributed by atoms with E-state index in [4.69, 9.17) is 13.0 Å². The van der Waals surface area contributed by atoms with Crippen LogP contribution in [0, 0.1) is 0 Å². The number of hydrogen-bond donors (Lipinski definition) is 0. The highest BCUT2D eigenvalue weighted by atomic mass is 32.2. The minimum absolute atomic E-state index is 0.490. The molecule has 0 aromatic carbocycles. The maximum Gasteiger partial charge on any atom is 0.485 e. The van der Waals surface area contributed by atoms with E-state index in [1.807, 2.05) is 0 Å². The third-order valence-corrected chi connectivity index (χ3v) is 5.69. The summed E-state index contributed by atoms with van der Waals surface area (Å²) >= 11 is 0. The van der Waals surface area contributed by atoms with Crippen molar-refractivity contribution in [1.29, 1.82) is 0 Å². The Morgan fingerprint density at radius 3 is 1.33 bits per heavy atom. The molecule has 0 fully saturated rings. The quantitative estimate of drug-likeness (QED) is 0.191. The molecule has 0 amide bonds. The Balaban J connectivity index is 0. The maximum atomic E-state index is 10.7. The molecule has 0 atom stereocenters. The van der Waals surface area contributed by atoms with Gasteiger partial charge in [-0.3, -0.25) is 0 Å². The predicted octanol–water partition coefficient (Wildman–Crippen LogP) is 5.87. The number of hydrogen-bond acceptors (Lipinski definition) is 3. The Hall–Kier alpha value is 0.130. The van der Waals surface area contributed by atoms with Crippen LogP contribution in [-0.2, 0) is 10.1 Å². The van der Waals surface area contributed by atoms with E-state index < -0.39 is 22.9 Å². The molecule has 24 heavy (non-hydrogen) atoms. The standard InChI is InChI=1S/C15H34P.CHF3O3S/c1-5-6-7-8-9-10-11-12-13-14-15-16(2,3)4;2-1(3,4)8(5,6)7/h5-15H2,1-4H3;(H,5,6,7)/q+1;/p-1. The molecule has 0 aliphatic carbocycles. The second-order valence-electron chi connectivity index (χ2n) is 7.10. The Morgan fingerprint density at radius 1 is 0.792 bits per heavy atom. The first-order chi connectivity index (χ1) is 10.8. The van der Waals surface area contributed by atoms with Crippen molar-refractivity contribution in [3.8, 4) is 0 Å². The first kappa shape index (κ1) is 26.4. The van der Waals surface area contributed by atoms with Gasteiger partial charge in [0.25, 0.3) is 0 Å². The van der Waals surface area contributed by atoms with Crippen LogP contribution in [0.3, 0.4) is 0 Å². The van der Waals surface area contributed by atoms with E-state index in [0.29, 0.717) is 0 Å². The summed E-state index contributed by atoms with van der Waals surface area (Å²) in [5.41, 5.74) is -5.65. The van der Waals surface area contributed by atoms with Crippen molar-refractivity contribution in [3.05, 3.63) is 0 Å². The van der Waals surface area contributed by atoms with E-state index in [1.165, 1.54) is 70.4 Å². The second kappa shape index (κ2) is 13.3. The van der Waals surface area contributed by atoms with Gasteiger partial charge in [-0.2, -0.15) is 13.2 Å². The summed E-state index contributed by atoms with van der Waals surface area (Å²) in [4.78, 5) is 0. The fraction of sp³-hybridized carbons (Fsp3) is 1.00. The van der Waals surface area contributed by atoms with Gasteiger partial charge in [0, 0.05) is 27.3 Å². The SMILES string of the molecule is CCCCCCCCCCCC[P+](C)(C)C.O=S(=O)([O-])C(F)(F)F. The van der Waals surface area contributed by atoms with Crippen LogP contribution in [0.25, 0.3) is 0 Å². The third-order valence-electron chi connectivity index (χ3n) is 3.47. The molecule has 0 heterocycles. The molecule has 0 aromatic rings. The van der Waals surface area contributed by atoms with Crippen LogP contribution in [0.2, 0.25) is 0 Å². The number of alkyl halides is 3. The fourth-order valence-corrected chi connectivity index (χ4v) is 3.25. The minimum Gasteiger partial charge on any atom is -0.741 e. The van der Waals surface area contributed by atoms with Gasteiger partial charge in [0.05, 0.1) is 6.16 Å². The van der Waals surface area contributed by atoms with Crippen molar-refractivity contribution in [1.82, 2.24) is 0 Å². The van der Waals surface area contributed by atoms with Gasteiger partial charge in [0.2, 0.25) is 0 Å². The molecule has 0 N–H and O–H groups in total. The average Bonchev–Trinajstić information content (AvgIpc) is 2.38. The lowest BCUT2D eigenvalue weighted by Gasteiger charge is -2.10. The molecule has 0 spiro atoms. The fourth-order valence-electron chi connectivity index (χ4n) is 2.07. The first-order valence-corrected chi connectivity index (χ1v) is 13.4. The Kier molecular flexibility index (Phi) is 14.7. The smallest absolute Gasteiger partial charge is 0.485 e. The highest BCUT2D eigenvalue weighted by Gasteiger charge is 2.36. The summed E-state index contributed by atoms with van der Waals surface area (Å²) in [6, 6.07) is 0. The molecule has 3 nitrogen and oxygen atoms in total. The van der Waals surface area contributed by atoms with E-state index >= 15 is 0 Å². The van der Waals surface area contributed by atoms with Crippen molar-refractivity contribution in [3.63, 3.8) is 0 Å². The average molecular weight is 394 g/mol. The van der Waals surface area contributed by atoms with Gasteiger partial charge in [0.15, 0.2) is 10.1 Å². The van der Waals surface area contributed by atoms with Crippen molar-refractivity contribution in [2.24, 2.45) is 0 Å². The van der Waals surface area contributed by atoms with Crippen LogP contribution in [0.1, 0.15) is 71.1 Å². The van der Waals surface area contributed by atoms with Crippen LogP contribution in [0.15, 0.2) is 0 Å². The van der Waals surface area contributed by atoms with Gasteiger partial charge in [0.1, 0.15) is 0 Å². The van der Waals surface area contributed by atoms with Crippen molar-refractivity contribution in [2.75, 3.05) is 26.2 Å². The molecular weight excluding hydrogens is 360 g/mol. The number of rotatable bonds is 11. The van der Waals surface area contributed by atoms with Crippen molar-refractivity contribution >= 4 is 17.4 Å². The summed E-state index contributed by atoms with van der Waals surface area (Å²) < 4.78 is 58.9. The van der Waals surface area contributed by atoms with Gasteiger partial charge in [-0.1, -0.05) is 58.3 Å². The molecule has 148 valence electrons. The van der Waals surface area contributed by atoms with Gasteiger partial charge >= 0.3 is 5.51 Å². The first-order valence-electron chi connectivity index (χ1n) is 8.64. The summed E-state index contributed by atoms with van der Waals surface area (Å²) in [5.74, 6) is 0. The topological polar surface area (TPSA) is 57.2 Å². The van der Waals surface area contributed by atoms with Crippen LogP contribution < -0.4 is 0 Å². The van der Waals surface area contributed by atoms with E-state index in [2.05, 4.69) is 26.9 Å². The largest absolute Gasteiger partial charge is 0.741 e. The van der Waals surface area contributed by atoms with E-state index in [9.17, 15) is 13.2 Å². The molecule has 0 aliphatic rings. The molecule has 0 radical (unpaired) electrons. The van der Waals surface area contributed by atoms with Crippen LogP contribution in [-0.4, -0.2) is 44.6 Å². The monoisotopic (exact) mass is 394 g/mol. The summed E-state index contributed by atoms with van der Waals surface area (Å²) in [6.45, 7) is 9.67. The van der Waals surface area contributed by atoms with E-state index in [0.717, 1.165) is 0 Å². The molecule has 0 unspecified atom stereocenters. The van der Waals surface area contributed by atoms with Crippen molar-refractivity contribution in [2.45, 2.75) is 76.6 Å². The van der Waals surface area contributed by atoms with Crippen LogP contribution in [0.5, 0.6) is 0 Å². The van der Waals surface area contributed by atoms with Crippen molar-refractivity contribution < 1.29 is 26.1 Å². The maximum absolute atomic E-state index is 10.7. The zero-order valence-electron chi connectivity index (χ0n) is 15.5. The molecule has 8 heteroatoms. The van der Waals surface area contributed by atoms with E-state index in [1.54, 1.807) is 0 Å². The highest BCUT2D eigenvalue weighted by Crippen LogP contribution is 2.47. The van der Waals surface area contributed by atoms with Gasteiger partial charge in [-0.15, -0.1) is 0 Å². The summed E-state index contributed by atoms with van der Waals surface area (Å²) in [5, 5.41) is 0. The van der Waals surface area contributed by atoms with Gasteiger partial charge in [-0.25, -0.2) is 8.42 Å². The lowest BCUT2D eigenvalue weighted by atomic mass is 10.1. The van der Waals surface area contributed by atoms with Gasteiger partial charge in [-0.05, 0) is 12.8 Å². The Bertz CT molecular complexity index is 390. The lowest BCUT2D eigenvalue weighted by Crippen LogP contribution is -2.21. The lowest BCUT2D eigenvalue weighted by molar-refractivity contribution is -0.0517. The summed E-state index contributed by atoms with van der Waals surface area (Å²) in [7, 11) is -6.58. The number of unbranched alkanes of at least 4 members (excludes halogenated alkanes) is 9. The third kappa shape index (κ3) is 20.2. The Morgan fingerprint density at radius 2 is 1.08 bits per heavy atom. The molecular formula is C16H34F3O3PS. The zero-order valence-corrected chi connectivity index (χ0v) is 17.2. The van der Waals surface area contributed by atoms with Crippen LogP contribution >= 0.6 is 7.26 Å². The highest BCUT2D eigenvalue weighted by molar-refractivity contribution is 7.86. The Labute approximate surface area is 146 Å². The molecule has 0 saturated carbocycles. The molecule has 0 saturated heterocycles.